The van der Waals surface area contributed by atoms with Crippen molar-refractivity contribution in [3.05, 3.63) is 39.4 Å². The van der Waals surface area contributed by atoms with Crippen LogP contribution in [0.1, 0.15) is 40.0 Å². The molecule has 0 saturated carbocycles. The van der Waals surface area contributed by atoms with Gasteiger partial charge >= 0.3 is 5.97 Å². The molecule has 1 aromatic carbocycles. The van der Waals surface area contributed by atoms with Crippen molar-refractivity contribution < 1.29 is 19.6 Å². The zero-order chi connectivity index (χ0) is 14.7. The van der Waals surface area contributed by atoms with E-state index in [-0.39, 0.29) is 22.7 Å². The van der Waals surface area contributed by atoms with Gasteiger partial charge in [-0.2, -0.15) is 0 Å². The van der Waals surface area contributed by atoms with E-state index in [0.717, 1.165) is 31.4 Å². The number of nitrogens with zero attached hydrogens (tertiary/aromatic N) is 2. The van der Waals surface area contributed by atoms with Crippen LogP contribution >= 0.6 is 0 Å². The van der Waals surface area contributed by atoms with Gasteiger partial charge in [0.15, 0.2) is 0 Å². The van der Waals surface area contributed by atoms with Crippen LogP contribution in [0.2, 0.25) is 0 Å². The number of carboxylic acid groups (broad SMARTS) is 1. The number of hydrogen-bond donors (Lipinski definition) is 1. The van der Waals surface area contributed by atoms with E-state index < -0.39 is 10.9 Å². The van der Waals surface area contributed by atoms with Crippen LogP contribution in [0.4, 0.5) is 5.69 Å². The maximum absolute atomic E-state index is 12.3. The van der Waals surface area contributed by atoms with Gasteiger partial charge in [0.1, 0.15) is 0 Å². The first kappa shape index (κ1) is 14.0. The Balaban J connectivity index is 2.36. The maximum Gasteiger partial charge on any atom is 0.335 e. The number of carboxylic acids is 1. The number of benzene rings is 1. The number of likely N-dealkylation sites (tertiary alicyclic amines) is 1. The SMILES string of the molecule is O=C(O)c1cc(C(=O)N2CCCCC2)cc([N+](=O)[O-])c1. The van der Waals surface area contributed by atoms with Gasteiger partial charge in [-0.3, -0.25) is 14.9 Å². The van der Waals surface area contributed by atoms with Gasteiger partial charge in [-0.1, -0.05) is 0 Å². The number of aromatic carboxylic acids is 1. The van der Waals surface area contributed by atoms with Gasteiger partial charge in [-0.05, 0) is 25.3 Å². The number of hydrogen-bond acceptors (Lipinski definition) is 4. The second-order valence-electron chi connectivity index (χ2n) is 4.68. The van der Waals surface area contributed by atoms with Gasteiger partial charge in [0.25, 0.3) is 11.6 Å². The van der Waals surface area contributed by atoms with Crippen LogP contribution in [0.15, 0.2) is 18.2 Å². The molecule has 1 N–H and O–H groups in total. The van der Waals surface area contributed by atoms with E-state index in [4.69, 9.17) is 5.11 Å². The number of piperidine rings is 1. The zero-order valence-electron chi connectivity index (χ0n) is 10.7. The van der Waals surface area contributed by atoms with Crippen LogP contribution in [0.25, 0.3) is 0 Å². The smallest absolute Gasteiger partial charge is 0.335 e. The van der Waals surface area contributed by atoms with E-state index in [1.54, 1.807) is 4.90 Å². The Morgan fingerprint density at radius 1 is 1.10 bits per heavy atom. The molecular weight excluding hydrogens is 264 g/mol. The summed E-state index contributed by atoms with van der Waals surface area (Å²) in [6, 6.07) is 3.27. The average Bonchev–Trinajstić information content (AvgIpc) is 2.46. The summed E-state index contributed by atoms with van der Waals surface area (Å²) >= 11 is 0. The lowest BCUT2D eigenvalue weighted by atomic mass is 10.1. The van der Waals surface area contributed by atoms with Gasteiger partial charge in [-0.25, -0.2) is 4.79 Å². The molecule has 0 unspecified atom stereocenters. The molecule has 1 fully saturated rings. The first-order valence-corrected chi connectivity index (χ1v) is 6.31. The number of nitro benzene ring substituents is 1. The molecular formula is C13H14N2O5. The number of rotatable bonds is 3. The summed E-state index contributed by atoms with van der Waals surface area (Å²) < 4.78 is 0. The van der Waals surface area contributed by atoms with E-state index in [9.17, 15) is 19.7 Å². The Morgan fingerprint density at radius 3 is 2.25 bits per heavy atom. The fourth-order valence-corrected chi connectivity index (χ4v) is 2.24. The van der Waals surface area contributed by atoms with Crippen LogP contribution in [0, 0.1) is 10.1 Å². The summed E-state index contributed by atoms with van der Waals surface area (Å²) in [5.41, 5.74) is -0.580. The largest absolute Gasteiger partial charge is 0.478 e. The molecule has 0 spiro atoms. The molecule has 1 saturated heterocycles. The summed E-state index contributed by atoms with van der Waals surface area (Å²) in [4.78, 5) is 35.0. The van der Waals surface area contributed by atoms with Gasteiger partial charge in [0.2, 0.25) is 0 Å². The Morgan fingerprint density at radius 2 is 1.70 bits per heavy atom. The van der Waals surface area contributed by atoms with Crippen LogP contribution in [-0.2, 0) is 0 Å². The van der Waals surface area contributed by atoms with E-state index in [0.29, 0.717) is 13.1 Å². The number of carbonyl (C=O) groups is 2. The van der Waals surface area contributed by atoms with Crippen molar-refractivity contribution in [3.8, 4) is 0 Å². The quantitative estimate of drug-likeness (QED) is 0.672. The summed E-state index contributed by atoms with van der Waals surface area (Å²) in [7, 11) is 0. The predicted molar refractivity (Wildman–Crippen MR) is 69.8 cm³/mol. The van der Waals surface area contributed by atoms with E-state index in [1.807, 2.05) is 0 Å². The molecule has 0 radical (unpaired) electrons. The molecule has 0 atom stereocenters. The van der Waals surface area contributed by atoms with E-state index in [1.165, 1.54) is 6.07 Å². The van der Waals surface area contributed by atoms with Gasteiger partial charge < -0.3 is 10.0 Å². The molecule has 106 valence electrons. The summed E-state index contributed by atoms with van der Waals surface area (Å²) in [6.07, 6.45) is 2.85. The normalized spacial score (nSPS) is 14.9. The minimum atomic E-state index is -1.29. The third-order valence-electron chi connectivity index (χ3n) is 3.27. The molecule has 2 rings (SSSR count). The molecule has 1 aromatic rings. The molecule has 1 aliphatic heterocycles. The Labute approximate surface area is 115 Å². The highest BCUT2D eigenvalue weighted by molar-refractivity contribution is 5.98. The highest BCUT2D eigenvalue weighted by atomic mass is 16.6. The number of non-ortho nitro benzene ring substituents is 1. The molecule has 7 heteroatoms. The lowest BCUT2D eigenvalue weighted by Gasteiger charge is -2.26. The first-order chi connectivity index (χ1) is 9.49. The van der Waals surface area contributed by atoms with Gasteiger partial charge in [0, 0.05) is 30.8 Å². The van der Waals surface area contributed by atoms with Crippen LogP contribution < -0.4 is 0 Å². The molecule has 1 aliphatic rings. The van der Waals surface area contributed by atoms with Crippen molar-refractivity contribution in [1.29, 1.82) is 0 Å². The zero-order valence-corrected chi connectivity index (χ0v) is 10.7. The molecule has 0 bridgehead atoms. The number of carbonyl (C=O) groups excluding carboxylic acids is 1. The van der Waals surface area contributed by atoms with Crippen molar-refractivity contribution in [2.75, 3.05) is 13.1 Å². The molecule has 0 aliphatic carbocycles. The summed E-state index contributed by atoms with van der Waals surface area (Å²) in [5.74, 6) is -1.64. The van der Waals surface area contributed by atoms with Gasteiger partial charge in [-0.15, -0.1) is 0 Å². The fraction of sp³-hybridized carbons (Fsp3) is 0.385. The van der Waals surface area contributed by atoms with Crippen molar-refractivity contribution in [2.45, 2.75) is 19.3 Å². The third-order valence-corrected chi connectivity index (χ3v) is 3.27. The Bertz CT molecular complexity index is 532. The van der Waals surface area contributed by atoms with Gasteiger partial charge in [0.05, 0.1) is 10.5 Å². The lowest BCUT2D eigenvalue weighted by Crippen LogP contribution is -2.35. The minimum absolute atomic E-state index is 0.0542. The van der Waals surface area contributed by atoms with E-state index in [2.05, 4.69) is 0 Å². The third kappa shape index (κ3) is 2.93. The molecule has 0 aromatic heterocycles. The second kappa shape index (κ2) is 5.68. The monoisotopic (exact) mass is 278 g/mol. The molecule has 7 nitrogen and oxygen atoms in total. The second-order valence-corrected chi connectivity index (χ2v) is 4.68. The minimum Gasteiger partial charge on any atom is -0.478 e. The van der Waals surface area contributed by atoms with Crippen molar-refractivity contribution in [2.24, 2.45) is 0 Å². The van der Waals surface area contributed by atoms with E-state index >= 15 is 0 Å². The van der Waals surface area contributed by atoms with Crippen molar-refractivity contribution in [3.63, 3.8) is 0 Å². The fourth-order valence-electron chi connectivity index (χ4n) is 2.24. The molecule has 1 amide bonds. The Hall–Kier alpha value is -2.44. The van der Waals surface area contributed by atoms with Crippen LogP contribution in [0.3, 0.4) is 0 Å². The standard InChI is InChI=1S/C13H14N2O5/c16-12(14-4-2-1-3-5-14)9-6-10(13(17)18)8-11(7-9)15(19)20/h6-8H,1-5H2,(H,17,18). The van der Waals surface area contributed by atoms with Crippen molar-refractivity contribution >= 4 is 17.6 Å². The summed E-state index contributed by atoms with van der Waals surface area (Å²) in [6.45, 7) is 1.20. The van der Waals surface area contributed by atoms with Crippen molar-refractivity contribution in [1.82, 2.24) is 4.90 Å². The first-order valence-electron chi connectivity index (χ1n) is 6.31. The van der Waals surface area contributed by atoms with Crippen LogP contribution in [0.5, 0.6) is 0 Å². The maximum atomic E-state index is 12.3. The highest BCUT2D eigenvalue weighted by Crippen LogP contribution is 2.20. The summed E-state index contributed by atoms with van der Waals surface area (Å²) in [5, 5.41) is 19.8. The topological polar surface area (TPSA) is 101 Å². The number of amides is 1. The Kier molecular flexibility index (Phi) is 3.97. The lowest BCUT2D eigenvalue weighted by molar-refractivity contribution is -0.384. The molecule has 20 heavy (non-hydrogen) atoms. The predicted octanol–water partition coefficient (Wildman–Crippen LogP) is 1.92. The highest BCUT2D eigenvalue weighted by Gasteiger charge is 2.22. The number of nitro groups is 1. The van der Waals surface area contributed by atoms with Crippen LogP contribution in [-0.4, -0.2) is 39.9 Å². The molecule has 1 heterocycles. The average molecular weight is 278 g/mol.